The first kappa shape index (κ1) is 17.8. The van der Waals surface area contributed by atoms with E-state index in [2.05, 4.69) is 34.6 Å². The van der Waals surface area contributed by atoms with E-state index in [1.165, 1.54) is 37.7 Å². The standard InChI is InChI=1S/C18H32N4O/c1-6-18(9-7-8-10-18)12-21-17(19-5)20-11-13(2)16-14(3)22-23-15(16)4/h13H,6-12H2,1-5H3,(H2,19,20,21). The minimum absolute atomic E-state index is 0.339. The van der Waals surface area contributed by atoms with Gasteiger partial charge in [-0.15, -0.1) is 0 Å². The second-order valence-corrected chi connectivity index (χ2v) is 7.01. The summed E-state index contributed by atoms with van der Waals surface area (Å²) in [4.78, 5) is 4.37. The number of hydrogen-bond donors (Lipinski definition) is 2. The molecule has 1 aromatic rings. The van der Waals surface area contributed by atoms with Crippen molar-refractivity contribution < 1.29 is 4.52 Å². The SMILES string of the molecule is CCC1(CNC(=NC)NCC(C)c2c(C)noc2C)CCCC1. The Hall–Kier alpha value is -1.52. The van der Waals surface area contributed by atoms with Gasteiger partial charge in [0.15, 0.2) is 5.96 Å². The Morgan fingerprint density at radius 2 is 2.00 bits per heavy atom. The molecule has 1 saturated carbocycles. The Morgan fingerprint density at radius 1 is 1.30 bits per heavy atom. The molecule has 1 heterocycles. The molecule has 0 bridgehead atoms. The molecule has 1 fully saturated rings. The molecule has 0 aromatic carbocycles. The van der Waals surface area contributed by atoms with Crippen LogP contribution in [0.15, 0.2) is 9.52 Å². The van der Waals surface area contributed by atoms with Crippen LogP contribution in [-0.2, 0) is 0 Å². The maximum atomic E-state index is 5.27. The number of aliphatic imine (C=N–C) groups is 1. The Labute approximate surface area is 140 Å². The topological polar surface area (TPSA) is 62.5 Å². The number of rotatable bonds is 6. The fourth-order valence-electron chi connectivity index (χ4n) is 3.82. The molecule has 0 amide bonds. The van der Waals surface area contributed by atoms with E-state index in [1.54, 1.807) is 0 Å². The molecule has 5 heteroatoms. The van der Waals surface area contributed by atoms with Crippen LogP contribution < -0.4 is 10.6 Å². The van der Waals surface area contributed by atoms with Gasteiger partial charge in [-0.3, -0.25) is 4.99 Å². The first-order valence-electron chi connectivity index (χ1n) is 8.88. The third kappa shape index (κ3) is 4.27. The van der Waals surface area contributed by atoms with Crippen LogP contribution in [0.3, 0.4) is 0 Å². The van der Waals surface area contributed by atoms with Crippen LogP contribution in [0.2, 0.25) is 0 Å². The summed E-state index contributed by atoms with van der Waals surface area (Å²) in [6.07, 6.45) is 6.65. The van der Waals surface area contributed by atoms with E-state index in [4.69, 9.17) is 4.52 Å². The van der Waals surface area contributed by atoms with Crippen LogP contribution in [0, 0.1) is 19.3 Å². The van der Waals surface area contributed by atoms with Crippen LogP contribution in [0.25, 0.3) is 0 Å². The van der Waals surface area contributed by atoms with Gasteiger partial charge in [0.25, 0.3) is 0 Å². The Balaban J connectivity index is 1.86. The maximum Gasteiger partial charge on any atom is 0.191 e. The average Bonchev–Trinajstić information content (AvgIpc) is 3.15. The minimum atomic E-state index is 0.339. The molecule has 1 unspecified atom stereocenters. The molecule has 1 atom stereocenters. The second-order valence-electron chi connectivity index (χ2n) is 7.01. The van der Waals surface area contributed by atoms with Gasteiger partial charge in [0.2, 0.25) is 0 Å². The Bertz CT molecular complexity index is 510. The summed E-state index contributed by atoms with van der Waals surface area (Å²) < 4.78 is 5.27. The van der Waals surface area contributed by atoms with Crippen LogP contribution in [0.5, 0.6) is 0 Å². The lowest BCUT2D eigenvalue weighted by atomic mass is 9.83. The lowest BCUT2D eigenvalue weighted by Crippen LogP contribution is -2.43. The predicted octanol–water partition coefficient (Wildman–Crippen LogP) is 3.53. The van der Waals surface area contributed by atoms with E-state index in [0.717, 1.165) is 30.5 Å². The molecule has 0 aliphatic heterocycles. The Kier molecular flexibility index (Phi) is 6.08. The van der Waals surface area contributed by atoms with Crippen molar-refractivity contribution in [2.75, 3.05) is 20.1 Å². The van der Waals surface area contributed by atoms with Gasteiger partial charge in [0, 0.05) is 31.6 Å². The van der Waals surface area contributed by atoms with Crippen LogP contribution in [-0.4, -0.2) is 31.3 Å². The fraction of sp³-hybridized carbons (Fsp3) is 0.778. The van der Waals surface area contributed by atoms with Crippen molar-refractivity contribution in [2.45, 2.75) is 65.7 Å². The number of aryl methyl sites for hydroxylation is 2. The van der Waals surface area contributed by atoms with Crippen molar-refractivity contribution in [3.8, 4) is 0 Å². The monoisotopic (exact) mass is 320 g/mol. The summed E-state index contributed by atoms with van der Waals surface area (Å²) in [6.45, 7) is 10.3. The summed E-state index contributed by atoms with van der Waals surface area (Å²) in [5, 5.41) is 11.0. The third-order valence-electron chi connectivity index (χ3n) is 5.43. The summed E-state index contributed by atoms with van der Waals surface area (Å²) in [7, 11) is 1.84. The van der Waals surface area contributed by atoms with Gasteiger partial charge in [-0.2, -0.15) is 0 Å². The van der Waals surface area contributed by atoms with Gasteiger partial charge < -0.3 is 15.2 Å². The van der Waals surface area contributed by atoms with Gasteiger partial charge in [-0.05, 0) is 38.5 Å². The molecule has 1 aliphatic carbocycles. The van der Waals surface area contributed by atoms with Crippen molar-refractivity contribution in [1.82, 2.24) is 15.8 Å². The van der Waals surface area contributed by atoms with Gasteiger partial charge in [0.05, 0.1) is 5.69 Å². The Morgan fingerprint density at radius 3 is 2.52 bits per heavy atom. The third-order valence-corrected chi connectivity index (χ3v) is 5.43. The van der Waals surface area contributed by atoms with E-state index < -0.39 is 0 Å². The number of guanidine groups is 1. The zero-order chi connectivity index (χ0) is 16.9. The first-order valence-corrected chi connectivity index (χ1v) is 8.88. The smallest absolute Gasteiger partial charge is 0.191 e. The highest BCUT2D eigenvalue weighted by atomic mass is 16.5. The summed E-state index contributed by atoms with van der Waals surface area (Å²) in [5.41, 5.74) is 2.65. The van der Waals surface area contributed by atoms with Gasteiger partial charge in [-0.25, -0.2) is 0 Å². The number of aromatic nitrogens is 1. The molecule has 1 aliphatic rings. The molecule has 23 heavy (non-hydrogen) atoms. The molecule has 0 radical (unpaired) electrons. The fourth-order valence-corrected chi connectivity index (χ4v) is 3.82. The quantitative estimate of drug-likeness (QED) is 0.622. The molecule has 2 rings (SSSR count). The van der Waals surface area contributed by atoms with Gasteiger partial charge >= 0.3 is 0 Å². The summed E-state index contributed by atoms with van der Waals surface area (Å²) in [6, 6.07) is 0. The average molecular weight is 320 g/mol. The summed E-state index contributed by atoms with van der Waals surface area (Å²) in [5.74, 6) is 2.14. The highest BCUT2D eigenvalue weighted by molar-refractivity contribution is 5.79. The second kappa shape index (κ2) is 7.84. The molecular weight excluding hydrogens is 288 g/mol. The molecule has 130 valence electrons. The molecule has 5 nitrogen and oxygen atoms in total. The van der Waals surface area contributed by atoms with E-state index in [1.807, 2.05) is 20.9 Å². The molecule has 0 spiro atoms. The van der Waals surface area contributed by atoms with E-state index >= 15 is 0 Å². The summed E-state index contributed by atoms with van der Waals surface area (Å²) >= 11 is 0. The van der Waals surface area contributed by atoms with Crippen molar-refractivity contribution >= 4 is 5.96 Å². The number of nitrogens with zero attached hydrogens (tertiary/aromatic N) is 2. The van der Waals surface area contributed by atoms with Crippen LogP contribution in [0.1, 0.15) is 68.9 Å². The van der Waals surface area contributed by atoms with Crippen LogP contribution >= 0.6 is 0 Å². The van der Waals surface area contributed by atoms with E-state index in [-0.39, 0.29) is 0 Å². The number of nitrogens with one attached hydrogen (secondary N) is 2. The highest BCUT2D eigenvalue weighted by Gasteiger charge is 2.31. The first-order chi connectivity index (χ1) is 11.0. The van der Waals surface area contributed by atoms with Gasteiger partial charge in [-0.1, -0.05) is 31.8 Å². The maximum absolute atomic E-state index is 5.27. The normalized spacial score (nSPS) is 18.9. The zero-order valence-corrected chi connectivity index (χ0v) is 15.3. The van der Waals surface area contributed by atoms with Crippen LogP contribution in [0.4, 0.5) is 0 Å². The highest BCUT2D eigenvalue weighted by Crippen LogP contribution is 2.40. The largest absolute Gasteiger partial charge is 0.361 e. The lowest BCUT2D eigenvalue weighted by molar-refractivity contribution is 0.283. The van der Waals surface area contributed by atoms with Crippen molar-refractivity contribution in [1.29, 1.82) is 0 Å². The number of hydrogen-bond acceptors (Lipinski definition) is 3. The lowest BCUT2D eigenvalue weighted by Gasteiger charge is -2.28. The minimum Gasteiger partial charge on any atom is -0.361 e. The molecule has 2 N–H and O–H groups in total. The van der Waals surface area contributed by atoms with Crippen molar-refractivity contribution in [3.63, 3.8) is 0 Å². The molecule has 0 saturated heterocycles. The van der Waals surface area contributed by atoms with Crippen molar-refractivity contribution in [3.05, 3.63) is 17.0 Å². The van der Waals surface area contributed by atoms with Gasteiger partial charge in [0.1, 0.15) is 5.76 Å². The van der Waals surface area contributed by atoms with E-state index in [9.17, 15) is 0 Å². The zero-order valence-electron chi connectivity index (χ0n) is 15.3. The molecular formula is C18H32N4O. The van der Waals surface area contributed by atoms with E-state index in [0.29, 0.717) is 11.3 Å². The molecule has 1 aromatic heterocycles. The van der Waals surface area contributed by atoms with Crippen molar-refractivity contribution in [2.24, 2.45) is 10.4 Å². The predicted molar refractivity (Wildman–Crippen MR) is 94.9 cm³/mol.